The zero-order chi connectivity index (χ0) is 19.5. The van der Waals surface area contributed by atoms with Crippen LogP contribution in [0.1, 0.15) is 5.69 Å². The van der Waals surface area contributed by atoms with Crippen LogP contribution in [0.25, 0.3) is 22.3 Å². The SMILES string of the molecule is Cc1ccn(CCNC(=O)Cn2c(-c3ccc(F)cc3)cc3cccnc32)n1. The summed E-state index contributed by atoms with van der Waals surface area (Å²) in [5, 5.41) is 8.16. The molecule has 0 aliphatic carbocycles. The third-order valence-corrected chi connectivity index (χ3v) is 4.53. The number of nitrogens with zero attached hydrogens (tertiary/aromatic N) is 4. The summed E-state index contributed by atoms with van der Waals surface area (Å²) in [6.07, 6.45) is 3.59. The van der Waals surface area contributed by atoms with Gasteiger partial charge in [0.15, 0.2) is 0 Å². The Labute approximate surface area is 161 Å². The summed E-state index contributed by atoms with van der Waals surface area (Å²) >= 11 is 0. The lowest BCUT2D eigenvalue weighted by atomic mass is 10.1. The Morgan fingerprint density at radius 3 is 2.75 bits per heavy atom. The molecule has 0 saturated carbocycles. The van der Waals surface area contributed by atoms with Gasteiger partial charge in [0.25, 0.3) is 0 Å². The monoisotopic (exact) mass is 377 g/mol. The van der Waals surface area contributed by atoms with Gasteiger partial charge in [-0.15, -0.1) is 0 Å². The van der Waals surface area contributed by atoms with Gasteiger partial charge < -0.3 is 9.88 Å². The van der Waals surface area contributed by atoms with Crippen LogP contribution in [0.2, 0.25) is 0 Å². The minimum atomic E-state index is -0.295. The minimum absolute atomic E-state index is 0.115. The summed E-state index contributed by atoms with van der Waals surface area (Å²) in [4.78, 5) is 17.0. The van der Waals surface area contributed by atoms with Gasteiger partial charge >= 0.3 is 0 Å². The molecule has 0 aliphatic rings. The number of pyridine rings is 1. The van der Waals surface area contributed by atoms with Gasteiger partial charge in [0, 0.05) is 24.3 Å². The number of fused-ring (bicyclic) bond motifs is 1. The van der Waals surface area contributed by atoms with Crippen LogP contribution in [0.4, 0.5) is 4.39 Å². The number of carbonyl (C=O) groups excluding carboxylic acids is 1. The summed E-state index contributed by atoms with van der Waals surface area (Å²) in [5.41, 5.74) is 3.32. The van der Waals surface area contributed by atoms with E-state index in [1.54, 1.807) is 23.0 Å². The Bertz CT molecular complexity index is 1110. The summed E-state index contributed by atoms with van der Waals surface area (Å²) < 4.78 is 17.0. The van der Waals surface area contributed by atoms with Crippen LogP contribution in [0.3, 0.4) is 0 Å². The van der Waals surface area contributed by atoms with E-state index in [0.29, 0.717) is 13.1 Å². The summed E-state index contributed by atoms with van der Waals surface area (Å²) in [5.74, 6) is -0.411. The molecule has 0 spiro atoms. The molecule has 28 heavy (non-hydrogen) atoms. The Hall–Kier alpha value is -3.48. The lowest BCUT2D eigenvalue weighted by molar-refractivity contribution is -0.121. The zero-order valence-corrected chi connectivity index (χ0v) is 15.5. The number of halogens is 1. The number of rotatable bonds is 6. The highest BCUT2D eigenvalue weighted by Crippen LogP contribution is 2.27. The molecule has 1 N–H and O–H groups in total. The highest BCUT2D eigenvalue weighted by atomic mass is 19.1. The van der Waals surface area contributed by atoms with E-state index in [0.717, 1.165) is 28.0 Å². The van der Waals surface area contributed by atoms with Crippen LogP contribution < -0.4 is 5.32 Å². The Morgan fingerprint density at radius 2 is 2.00 bits per heavy atom. The first kappa shape index (κ1) is 17.9. The van der Waals surface area contributed by atoms with E-state index in [4.69, 9.17) is 0 Å². The topological polar surface area (TPSA) is 64.7 Å². The van der Waals surface area contributed by atoms with E-state index < -0.39 is 0 Å². The van der Waals surface area contributed by atoms with Gasteiger partial charge in [0.1, 0.15) is 18.0 Å². The van der Waals surface area contributed by atoms with E-state index >= 15 is 0 Å². The van der Waals surface area contributed by atoms with Crippen molar-refractivity contribution < 1.29 is 9.18 Å². The predicted octanol–water partition coefficient (Wildman–Crippen LogP) is 3.16. The van der Waals surface area contributed by atoms with Gasteiger partial charge in [0.05, 0.1) is 17.9 Å². The van der Waals surface area contributed by atoms with Crippen LogP contribution in [-0.2, 0) is 17.9 Å². The molecule has 0 saturated heterocycles. The predicted molar refractivity (Wildman–Crippen MR) is 105 cm³/mol. The number of hydrogen-bond donors (Lipinski definition) is 1. The fraction of sp³-hybridized carbons (Fsp3) is 0.190. The number of benzene rings is 1. The number of aryl methyl sites for hydroxylation is 1. The Balaban J connectivity index is 1.54. The second-order valence-electron chi connectivity index (χ2n) is 6.61. The lowest BCUT2D eigenvalue weighted by Crippen LogP contribution is -2.30. The van der Waals surface area contributed by atoms with E-state index in [-0.39, 0.29) is 18.3 Å². The molecule has 0 radical (unpaired) electrons. The summed E-state index contributed by atoms with van der Waals surface area (Å²) in [6.45, 7) is 3.15. The summed E-state index contributed by atoms with van der Waals surface area (Å²) in [6, 6.07) is 13.9. The number of aromatic nitrogens is 4. The van der Waals surface area contributed by atoms with Gasteiger partial charge in [-0.1, -0.05) is 0 Å². The fourth-order valence-corrected chi connectivity index (χ4v) is 3.20. The fourth-order valence-electron chi connectivity index (χ4n) is 3.20. The molecule has 0 atom stereocenters. The lowest BCUT2D eigenvalue weighted by Gasteiger charge is -2.11. The number of nitrogens with one attached hydrogen (secondary N) is 1. The molecule has 3 aromatic heterocycles. The van der Waals surface area contributed by atoms with Crippen molar-refractivity contribution in [3.63, 3.8) is 0 Å². The molecule has 1 amide bonds. The molecule has 0 bridgehead atoms. The molecule has 0 fully saturated rings. The van der Waals surface area contributed by atoms with Crippen molar-refractivity contribution in [2.45, 2.75) is 20.0 Å². The van der Waals surface area contributed by atoms with Crippen molar-refractivity contribution in [1.29, 1.82) is 0 Å². The van der Waals surface area contributed by atoms with Crippen molar-refractivity contribution >= 4 is 16.9 Å². The van der Waals surface area contributed by atoms with Crippen LogP contribution >= 0.6 is 0 Å². The van der Waals surface area contributed by atoms with Crippen molar-refractivity contribution in [2.75, 3.05) is 6.54 Å². The maximum Gasteiger partial charge on any atom is 0.240 e. The first-order valence-electron chi connectivity index (χ1n) is 9.07. The summed E-state index contributed by atoms with van der Waals surface area (Å²) in [7, 11) is 0. The van der Waals surface area contributed by atoms with E-state index in [1.165, 1.54) is 12.1 Å². The van der Waals surface area contributed by atoms with E-state index in [2.05, 4.69) is 15.4 Å². The molecule has 1 aromatic carbocycles. The molecule has 142 valence electrons. The van der Waals surface area contributed by atoms with Gasteiger partial charge in [-0.2, -0.15) is 5.10 Å². The zero-order valence-electron chi connectivity index (χ0n) is 15.5. The number of amides is 1. The Kier molecular flexibility index (Phi) is 4.89. The van der Waals surface area contributed by atoms with Gasteiger partial charge in [0.2, 0.25) is 5.91 Å². The normalized spacial score (nSPS) is 11.1. The first-order valence-corrected chi connectivity index (χ1v) is 9.07. The minimum Gasteiger partial charge on any atom is -0.353 e. The molecule has 3 heterocycles. The molecular formula is C21H20FN5O. The van der Waals surface area contributed by atoms with Crippen LogP contribution in [-0.4, -0.2) is 31.8 Å². The molecule has 7 heteroatoms. The van der Waals surface area contributed by atoms with Crippen LogP contribution in [0.15, 0.2) is 60.9 Å². The maximum atomic E-state index is 13.3. The highest BCUT2D eigenvalue weighted by molar-refractivity contribution is 5.87. The highest BCUT2D eigenvalue weighted by Gasteiger charge is 2.14. The molecule has 6 nitrogen and oxygen atoms in total. The van der Waals surface area contributed by atoms with Crippen LogP contribution in [0, 0.1) is 12.7 Å². The largest absolute Gasteiger partial charge is 0.353 e. The molecule has 4 aromatic rings. The maximum absolute atomic E-state index is 13.3. The van der Waals surface area contributed by atoms with Crippen molar-refractivity contribution in [3.8, 4) is 11.3 Å². The van der Waals surface area contributed by atoms with Gasteiger partial charge in [-0.25, -0.2) is 9.37 Å². The second-order valence-corrected chi connectivity index (χ2v) is 6.61. The standard InChI is InChI=1S/C21H20FN5O/c1-15-8-11-26(25-15)12-10-23-20(28)14-27-19(16-4-6-18(22)7-5-16)13-17-3-2-9-24-21(17)27/h2-9,11,13H,10,12,14H2,1H3,(H,23,28). The number of hydrogen-bond acceptors (Lipinski definition) is 3. The van der Waals surface area contributed by atoms with Crippen molar-refractivity contribution in [3.05, 3.63) is 72.4 Å². The van der Waals surface area contributed by atoms with E-state index in [9.17, 15) is 9.18 Å². The average Bonchev–Trinajstić information content (AvgIpc) is 3.26. The average molecular weight is 377 g/mol. The second kappa shape index (κ2) is 7.64. The van der Waals surface area contributed by atoms with Gasteiger partial charge in [-0.3, -0.25) is 9.48 Å². The molecule has 4 rings (SSSR count). The van der Waals surface area contributed by atoms with Crippen LogP contribution in [0.5, 0.6) is 0 Å². The third-order valence-electron chi connectivity index (χ3n) is 4.53. The van der Waals surface area contributed by atoms with Crippen molar-refractivity contribution in [1.82, 2.24) is 24.6 Å². The van der Waals surface area contributed by atoms with E-state index in [1.807, 2.05) is 42.0 Å². The molecular weight excluding hydrogens is 357 g/mol. The van der Waals surface area contributed by atoms with Gasteiger partial charge in [-0.05, 0) is 61.0 Å². The smallest absolute Gasteiger partial charge is 0.240 e. The molecule has 0 aliphatic heterocycles. The first-order chi connectivity index (χ1) is 13.6. The quantitative estimate of drug-likeness (QED) is 0.561. The third kappa shape index (κ3) is 3.78. The van der Waals surface area contributed by atoms with Crippen molar-refractivity contribution in [2.24, 2.45) is 0 Å². The number of carbonyl (C=O) groups is 1. The molecule has 0 unspecified atom stereocenters. The Morgan fingerprint density at radius 1 is 1.18 bits per heavy atom.